The zero-order chi connectivity index (χ0) is 22.3. The van der Waals surface area contributed by atoms with E-state index < -0.39 is 10.0 Å². The van der Waals surface area contributed by atoms with Crippen LogP contribution in [0.15, 0.2) is 65.6 Å². The van der Waals surface area contributed by atoms with E-state index in [0.717, 1.165) is 34.4 Å². The van der Waals surface area contributed by atoms with E-state index in [2.05, 4.69) is 10.4 Å². The number of fused-ring (bicyclic) bond motifs is 1. The van der Waals surface area contributed by atoms with Gasteiger partial charge in [0, 0.05) is 24.2 Å². The molecule has 0 aliphatic carbocycles. The molecule has 0 atom stereocenters. The van der Waals surface area contributed by atoms with E-state index in [0.29, 0.717) is 23.7 Å². The van der Waals surface area contributed by atoms with Crippen LogP contribution >= 0.6 is 11.3 Å². The minimum absolute atomic E-state index is 0.198. The third-order valence-corrected chi connectivity index (χ3v) is 8.57. The van der Waals surface area contributed by atoms with Gasteiger partial charge in [0.25, 0.3) is 5.91 Å². The van der Waals surface area contributed by atoms with Crippen molar-refractivity contribution in [1.29, 1.82) is 0 Å². The fraction of sp³-hybridized carbons (Fsp3) is 0.217. The highest BCUT2D eigenvalue weighted by Crippen LogP contribution is 2.31. The SMILES string of the molecule is Cc1nn(-c2ccccc2)c2sc(C(=O)Nc3cccc(S(=O)(=O)N4CCCC4)c3)cc12. The Morgan fingerprint density at radius 1 is 1.03 bits per heavy atom. The molecule has 1 saturated heterocycles. The van der Waals surface area contributed by atoms with Crippen molar-refractivity contribution in [3.8, 4) is 5.69 Å². The minimum Gasteiger partial charge on any atom is -0.321 e. The van der Waals surface area contributed by atoms with Crippen LogP contribution in [-0.2, 0) is 10.0 Å². The van der Waals surface area contributed by atoms with E-state index in [-0.39, 0.29) is 10.8 Å². The Kier molecular flexibility index (Phi) is 5.32. The second-order valence-corrected chi connectivity index (χ2v) is 10.7. The van der Waals surface area contributed by atoms with E-state index >= 15 is 0 Å². The number of anilines is 1. The maximum absolute atomic E-state index is 13.0. The molecule has 32 heavy (non-hydrogen) atoms. The molecule has 1 fully saturated rings. The molecule has 9 heteroatoms. The summed E-state index contributed by atoms with van der Waals surface area (Å²) in [6, 6.07) is 18.1. The average molecular weight is 467 g/mol. The zero-order valence-corrected chi connectivity index (χ0v) is 19.1. The van der Waals surface area contributed by atoms with Crippen LogP contribution in [0.25, 0.3) is 15.9 Å². The molecule has 0 bridgehead atoms. The van der Waals surface area contributed by atoms with Gasteiger partial charge in [0.2, 0.25) is 10.0 Å². The number of rotatable bonds is 5. The normalized spacial score (nSPS) is 14.8. The van der Waals surface area contributed by atoms with Crippen LogP contribution in [0.5, 0.6) is 0 Å². The summed E-state index contributed by atoms with van der Waals surface area (Å²) < 4.78 is 29.0. The number of para-hydroxylation sites is 1. The minimum atomic E-state index is -3.54. The van der Waals surface area contributed by atoms with Gasteiger partial charge in [-0.1, -0.05) is 24.3 Å². The first-order valence-corrected chi connectivity index (χ1v) is 12.7. The Bertz CT molecular complexity index is 1400. The van der Waals surface area contributed by atoms with Crippen molar-refractivity contribution in [2.45, 2.75) is 24.7 Å². The molecule has 0 radical (unpaired) electrons. The first-order chi connectivity index (χ1) is 15.4. The number of nitrogens with zero attached hydrogens (tertiary/aromatic N) is 3. The molecule has 164 valence electrons. The maximum Gasteiger partial charge on any atom is 0.265 e. The average Bonchev–Trinajstić information content (AvgIpc) is 3.53. The van der Waals surface area contributed by atoms with Crippen molar-refractivity contribution in [3.63, 3.8) is 0 Å². The Morgan fingerprint density at radius 3 is 2.53 bits per heavy atom. The van der Waals surface area contributed by atoms with E-state index in [1.807, 2.05) is 48.0 Å². The van der Waals surface area contributed by atoms with Crippen molar-refractivity contribution in [2.75, 3.05) is 18.4 Å². The first kappa shape index (κ1) is 20.9. The van der Waals surface area contributed by atoms with E-state index in [1.54, 1.807) is 18.2 Å². The van der Waals surface area contributed by atoms with Gasteiger partial charge in [0.15, 0.2) is 0 Å². The van der Waals surface area contributed by atoms with Gasteiger partial charge in [-0.25, -0.2) is 13.1 Å². The maximum atomic E-state index is 13.0. The predicted octanol–water partition coefficient (Wildman–Crippen LogP) is 4.43. The summed E-state index contributed by atoms with van der Waals surface area (Å²) in [6.07, 6.45) is 1.75. The summed E-state index contributed by atoms with van der Waals surface area (Å²) in [4.78, 5) is 14.6. The number of aryl methyl sites for hydroxylation is 1. The van der Waals surface area contributed by atoms with Crippen LogP contribution in [0.1, 0.15) is 28.2 Å². The molecule has 4 aromatic rings. The quantitative estimate of drug-likeness (QED) is 0.472. The summed E-state index contributed by atoms with van der Waals surface area (Å²) in [5.41, 5.74) is 2.23. The Hall–Kier alpha value is -3.01. The Balaban J connectivity index is 1.42. The van der Waals surface area contributed by atoms with Crippen molar-refractivity contribution >= 4 is 43.2 Å². The van der Waals surface area contributed by atoms with Gasteiger partial charge in [-0.05, 0) is 56.2 Å². The summed E-state index contributed by atoms with van der Waals surface area (Å²) in [6.45, 7) is 3.00. The number of benzene rings is 2. The van der Waals surface area contributed by atoms with Crippen molar-refractivity contribution in [1.82, 2.24) is 14.1 Å². The summed E-state index contributed by atoms with van der Waals surface area (Å²) in [7, 11) is -3.54. The molecule has 1 aliphatic rings. The van der Waals surface area contributed by atoms with Crippen molar-refractivity contribution in [2.24, 2.45) is 0 Å². The molecule has 0 unspecified atom stereocenters. The molecule has 1 amide bonds. The van der Waals surface area contributed by atoms with Gasteiger partial charge in [-0.3, -0.25) is 4.79 Å². The topological polar surface area (TPSA) is 84.3 Å². The second-order valence-electron chi connectivity index (χ2n) is 7.76. The number of carbonyl (C=O) groups excluding carboxylic acids is 1. The fourth-order valence-electron chi connectivity index (χ4n) is 3.91. The van der Waals surface area contributed by atoms with Gasteiger partial charge < -0.3 is 5.32 Å². The fourth-order valence-corrected chi connectivity index (χ4v) is 6.55. The van der Waals surface area contributed by atoms with E-state index in [4.69, 9.17) is 0 Å². The molecule has 0 spiro atoms. The number of thiophene rings is 1. The van der Waals surface area contributed by atoms with Gasteiger partial charge in [-0.15, -0.1) is 11.3 Å². The third-order valence-electron chi connectivity index (χ3n) is 5.56. The Labute approximate surface area is 190 Å². The van der Waals surface area contributed by atoms with Crippen molar-refractivity contribution in [3.05, 3.63) is 71.2 Å². The molecule has 2 aromatic carbocycles. The second kappa shape index (κ2) is 8.16. The lowest BCUT2D eigenvalue weighted by Gasteiger charge is -2.16. The molecule has 2 aromatic heterocycles. The number of nitrogens with one attached hydrogen (secondary N) is 1. The lowest BCUT2D eigenvalue weighted by Crippen LogP contribution is -2.27. The highest BCUT2D eigenvalue weighted by molar-refractivity contribution is 7.89. The molecule has 0 saturated carbocycles. The molecular formula is C23H22N4O3S2. The first-order valence-electron chi connectivity index (χ1n) is 10.4. The summed E-state index contributed by atoms with van der Waals surface area (Å²) in [5, 5.41) is 8.38. The highest BCUT2D eigenvalue weighted by Gasteiger charge is 2.27. The summed E-state index contributed by atoms with van der Waals surface area (Å²) in [5.74, 6) is -0.277. The van der Waals surface area contributed by atoms with Crippen LogP contribution in [-0.4, -0.2) is 41.5 Å². The van der Waals surface area contributed by atoms with Gasteiger partial charge in [0.1, 0.15) is 4.83 Å². The number of hydrogen-bond acceptors (Lipinski definition) is 5. The molecule has 1 aliphatic heterocycles. The zero-order valence-electron chi connectivity index (χ0n) is 17.5. The van der Waals surface area contributed by atoms with E-state index in [1.165, 1.54) is 21.7 Å². The number of sulfonamides is 1. The highest BCUT2D eigenvalue weighted by atomic mass is 32.2. The molecule has 7 nitrogen and oxygen atoms in total. The van der Waals surface area contributed by atoms with Crippen LogP contribution < -0.4 is 5.32 Å². The number of carbonyl (C=O) groups is 1. The van der Waals surface area contributed by atoms with Gasteiger partial charge in [-0.2, -0.15) is 9.40 Å². The van der Waals surface area contributed by atoms with Crippen LogP contribution in [0.3, 0.4) is 0 Å². The molecule has 5 rings (SSSR count). The van der Waals surface area contributed by atoms with Crippen LogP contribution in [0.2, 0.25) is 0 Å². The lowest BCUT2D eigenvalue weighted by atomic mass is 10.3. The number of hydrogen-bond donors (Lipinski definition) is 1. The van der Waals surface area contributed by atoms with Gasteiger partial charge in [0.05, 0.1) is 21.2 Å². The summed E-state index contributed by atoms with van der Waals surface area (Å²) >= 11 is 1.36. The van der Waals surface area contributed by atoms with Crippen LogP contribution in [0.4, 0.5) is 5.69 Å². The number of amides is 1. The standard InChI is InChI=1S/C23H22N4O3S2/c1-16-20-15-21(31-23(20)27(25-16)18-9-3-2-4-10-18)22(28)24-17-8-7-11-19(14-17)32(29,30)26-12-5-6-13-26/h2-4,7-11,14-15H,5-6,12-13H2,1H3,(H,24,28). The number of aromatic nitrogens is 2. The monoisotopic (exact) mass is 466 g/mol. The smallest absolute Gasteiger partial charge is 0.265 e. The molecule has 1 N–H and O–H groups in total. The molecule has 3 heterocycles. The molecular weight excluding hydrogens is 444 g/mol. The predicted molar refractivity (Wildman–Crippen MR) is 126 cm³/mol. The van der Waals surface area contributed by atoms with Crippen molar-refractivity contribution < 1.29 is 13.2 Å². The largest absolute Gasteiger partial charge is 0.321 e. The third kappa shape index (κ3) is 3.72. The van der Waals surface area contributed by atoms with Crippen LogP contribution in [0, 0.1) is 6.92 Å². The van der Waals surface area contributed by atoms with Gasteiger partial charge >= 0.3 is 0 Å². The van der Waals surface area contributed by atoms with E-state index in [9.17, 15) is 13.2 Å². The lowest BCUT2D eigenvalue weighted by molar-refractivity contribution is 0.103. The Morgan fingerprint density at radius 2 is 1.78 bits per heavy atom.